The van der Waals surface area contributed by atoms with Crippen LogP contribution in [0.2, 0.25) is 0 Å². The third-order valence-electron chi connectivity index (χ3n) is 2.60. The van der Waals surface area contributed by atoms with Crippen molar-refractivity contribution in [2.45, 2.75) is 6.92 Å². The standard InChI is InChI=1S/C16H11FO/c1-12-2-3-14(10-15(12)11-18)5-4-13-6-8-16(17)9-7-13/h2-3,6-11H,1H3. The van der Waals surface area contributed by atoms with Crippen LogP contribution < -0.4 is 0 Å². The van der Waals surface area contributed by atoms with Crippen molar-refractivity contribution in [3.05, 3.63) is 70.5 Å². The van der Waals surface area contributed by atoms with Gasteiger partial charge in [-0.15, -0.1) is 0 Å². The van der Waals surface area contributed by atoms with Gasteiger partial charge in [0, 0.05) is 16.7 Å². The van der Waals surface area contributed by atoms with Crippen LogP contribution in [-0.4, -0.2) is 6.29 Å². The fraction of sp³-hybridized carbons (Fsp3) is 0.0625. The summed E-state index contributed by atoms with van der Waals surface area (Å²) in [7, 11) is 0. The molecule has 0 radical (unpaired) electrons. The number of carbonyl (C=O) groups is 1. The molecule has 88 valence electrons. The highest BCUT2D eigenvalue weighted by Gasteiger charge is 1.97. The van der Waals surface area contributed by atoms with Crippen LogP contribution in [0, 0.1) is 24.6 Å². The molecule has 2 aromatic rings. The van der Waals surface area contributed by atoms with E-state index in [1.54, 1.807) is 18.2 Å². The number of halogens is 1. The van der Waals surface area contributed by atoms with Gasteiger partial charge < -0.3 is 0 Å². The number of aryl methyl sites for hydroxylation is 1. The Balaban J connectivity index is 2.29. The highest BCUT2D eigenvalue weighted by Crippen LogP contribution is 2.08. The summed E-state index contributed by atoms with van der Waals surface area (Å²) in [5, 5.41) is 0. The summed E-state index contributed by atoms with van der Waals surface area (Å²) in [5.74, 6) is 5.60. The molecule has 0 bridgehead atoms. The van der Waals surface area contributed by atoms with Gasteiger partial charge in [0.05, 0.1) is 0 Å². The maximum absolute atomic E-state index is 12.7. The second-order valence-corrected chi connectivity index (χ2v) is 3.95. The van der Waals surface area contributed by atoms with E-state index in [4.69, 9.17) is 0 Å². The summed E-state index contributed by atoms with van der Waals surface area (Å²) in [6.07, 6.45) is 0.818. The smallest absolute Gasteiger partial charge is 0.150 e. The van der Waals surface area contributed by atoms with Crippen molar-refractivity contribution in [3.63, 3.8) is 0 Å². The number of benzene rings is 2. The molecule has 1 nitrogen and oxygen atoms in total. The fourth-order valence-corrected chi connectivity index (χ4v) is 1.52. The van der Waals surface area contributed by atoms with Gasteiger partial charge in [0.25, 0.3) is 0 Å². The van der Waals surface area contributed by atoms with Crippen LogP contribution in [0.1, 0.15) is 27.0 Å². The van der Waals surface area contributed by atoms with Crippen molar-refractivity contribution in [2.75, 3.05) is 0 Å². The Labute approximate surface area is 105 Å². The topological polar surface area (TPSA) is 17.1 Å². The Morgan fingerprint density at radius 1 is 1.00 bits per heavy atom. The lowest BCUT2D eigenvalue weighted by molar-refractivity contribution is 0.112. The van der Waals surface area contributed by atoms with Gasteiger partial charge in [-0.1, -0.05) is 17.9 Å². The van der Waals surface area contributed by atoms with Crippen molar-refractivity contribution >= 4 is 6.29 Å². The summed E-state index contributed by atoms with van der Waals surface area (Å²) < 4.78 is 12.7. The summed E-state index contributed by atoms with van der Waals surface area (Å²) in [6.45, 7) is 1.88. The third kappa shape index (κ3) is 2.83. The predicted octanol–water partition coefficient (Wildman–Crippen LogP) is 3.35. The van der Waals surface area contributed by atoms with Gasteiger partial charge in [-0.2, -0.15) is 0 Å². The third-order valence-corrected chi connectivity index (χ3v) is 2.60. The minimum Gasteiger partial charge on any atom is -0.298 e. The second kappa shape index (κ2) is 5.29. The maximum Gasteiger partial charge on any atom is 0.150 e. The molecule has 0 fully saturated rings. The number of aldehydes is 1. The molecule has 0 saturated carbocycles. The summed E-state index contributed by atoms with van der Waals surface area (Å²) in [5.41, 5.74) is 3.08. The first kappa shape index (κ1) is 12.1. The number of rotatable bonds is 1. The molecule has 0 spiro atoms. The summed E-state index contributed by atoms with van der Waals surface area (Å²) in [6, 6.07) is 11.5. The molecule has 0 atom stereocenters. The first-order valence-electron chi connectivity index (χ1n) is 5.52. The zero-order chi connectivity index (χ0) is 13.0. The predicted molar refractivity (Wildman–Crippen MR) is 68.9 cm³/mol. The Kier molecular flexibility index (Phi) is 3.54. The average molecular weight is 238 g/mol. The van der Waals surface area contributed by atoms with Crippen LogP contribution in [0.3, 0.4) is 0 Å². The molecule has 2 heteroatoms. The van der Waals surface area contributed by atoms with Crippen molar-refractivity contribution in [1.29, 1.82) is 0 Å². The van der Waals surface area contributed by atoms with Crippen LogP contribution in [0.4, 0.5) is 4.39 Å². The van der Waals surface area contributed by atoms with E-state index in [1.807, 2.05) is 19.1 Å². The normalized spacial score (nSPS) is 9.44. The van der Waals surface area contributed by atoms with Crippen LogP contribution in [0.5, 0.6) is 0 Å². The first-order valence-corrected chi connectivity index (χ1v) is 5.52. The molecule has 18 heavy (non-hydrogen) atoms. The number of carbonyl (C=O) groups excluding carboxylic acids is 1. The van der Waals surface area contributed by atoms with Gasteiger partial charge in [0.2, 0.25) is 0 Å². The molecule has 0 aromatic heterocycles. The Morgan fingerprint density at radius 2 is 1.61 bits per heavy atom. The van der Waals surface area contributed by atoms with Crippen LogP contribution in [-0.2, 0) is 0 Å². The molecule has 0 unspecified atom stereocenters. The molecule has 0 heterocycles. The molecule has 2 aromatic carbocycles. The fourth-order valence-electron chi connectivity index (χ4n) is 1.52. The molecule has 0 aliphatic heterocycles. The van der Waals surface area contributed by atoms with Gasteiger partial charge in [-0.3, -0.25) is 4.79 Å². The van der Waals surface area contributed by atoms with E-state index < -0.39 is 0 Å². The average Bonchev–Trinajstić information content (AvgIpc) is 2.39. The van der Waals surface area contributed by atoms with Crippen LogP contribution in [0.15, 0.2) is 42.5 Å². The highest BCUT2D eigenvalue weighted by atomic mass is 19.1. The molecule has 0 amide bonds. The van der Waals surface area contributed by atoms with E-state index in [-0.39, 0.29) is 5.82 Å². The van der Waals surface area contributed by atoms with Crippen molar-refractivity contribution in [2.24, 2.45) is 0 Å². The van der Waals surface area contributed by atoms with E-state index in [0.29, 0.717) is 5.56 Å². The monoisotopic (exact) mass is 238 g/mol. The van der Waals surface area contributed by atoms with Gasteiger partial charge in [-0.05, 0) is 48.9 Å². The van der Waals surface area contributed by atoms with Crippen molar-refractivity contribution in [1.82, 2.24) is 0 Å². The van der Waals surface area contributed by atoms with Crippen LogP contribution in [0.25, 0.3) is 0 Å². The maximum atomic E-state index is 12.7. The van der Waals surface area contributed by atoms with Crippen LogP contribution >= 0.6 is 0 Å². The molecular formula is C16H11FO. The lowest BCUT2D eigenvalue weighted by atomic mass is 10.1. The van der Waals surface area contributed by atoms with E-state index in [9.17, 15) is 9.18 Å². The Hall–Kier alpha value is -2.40. The highest BCUT2D eigenvalue weighted by molar-refractivity contribution is 5.78. The molecule has 0 N–H and O–H groups in total. The minimum absolute atomic E-state index is 0.279. The molecule has 0 aliphatic carbocycles. The van der Waals surface area contributed by atoms with Gasteiger partial charge >= 0.3 is 0 Å². The van der Waals surface area contributed by atoms with E-state index in [2.05, 4.69) is 11.8 Å². The van der Waals surface area contributed by atoms with E-state index >= 15 is 0 Å². The zero-order valence-corrected chi connectivity index (χ0v) is 9.91. The van der Waals surface area contributed by atoms with E-state index in [0.717, 1.165) is 23.0 Å². The number of hydrogen-bond donors (Lipinski definition) is 0. The summed E-state index contributed by atoms with van der Waals surface area (Å²) in [4.78, 5) is 10.8. The van der Waals surface area contributed by atoms with E-state index in [1.165, 1.54) is 12.1 Å². The SMILES string of the molecule is Cc1ccc(C#Cc2ccc(F)cc2)cc1C=O. The molecular weight excluding hydrogens is 227 g/mol. The van der Waals surface area contributed by atoms with Crippen molar-refractivity contribution < 1.29 is 9.18 Å². The summed E-state index contributed by atoms with van der Waals surface area (Å²) >= 11 is 0. The van der Waals surface area contributed by atoms with Gasteiger partial charge in [-0.25, -0.2) is 4.39 Å². The molecule has 0 aliphatic rings. The lowest BCUT2D eigenvalue weighted by Gasteiger charge is -1.97. The van der Waals surface area contributed by atoms with Crippen molar-refractivity contribution in [3.8, 4) is 11.8 Å². The quantitative estimate of drug-likeness (QED) is 0.550. The molecule has 2 rings (SSSR count). The largest absolute Gasteiger partial charge is 0.298 e. The lowest BCUT2D eigenvalue weighted by Crippen LogP contribution is -1.87. The molecule has 0 saturated heterocycles. The Bertz CT molecular complexity index is 630. The zero-order valence-electron chi connectivity index (χ0n) is 9.91. The minimum atomic E-state index is -0.279. The Morgan fingerprint density at radius 3 is 2.28 bits per heavy atom. The second-order valence-electron chi connectivity index (χ2n) is 3.95. The van der Waals surface area contributed by atoms with Gasteiger partial charge in [0.15, 0.2) is 0 Å². The number of hydrogen-bond acceptors (Lipinski definition) is 1. The first-order chi connectivity index (χ1) is 8.69. The van der Waals surface area contributed by atoms with Gasteiger partial charge in [0.1, 0.15) is 12.1 Å².